The third-order valence-corrected chi connectivity index (χ3v) is 5.82. The molecule has 6 nitrogen and oxygen atoms in total. The van der Waals surface area contributed by atoms with Crippen LogP contribution in [0.25, 0.3) is 0 Å². The van der Waals surface area contributed by atoms with E-state index in [-0.39, 0.29) is 23.5 Å². The van der Waals surface area contributed by atoms with Gasteiger partial charge in [0.15, 0.2) is 5.17 Å². The number of amides is 2. The van der Waals surface area contributed by atoms with E-state index in [0.29, 0.717) is 11.0 Å². The molecule has 2 aromatic carbocycles. The zero-order valence-electron chi connectivity index (χ0n) is 16.5. The molecule has 0 saturated heterocycles. The van der Waals surface area contributed by atoms with Gasteiger partial charge >= 0.3 is 0 Å². The third-order valence-electron chi connectivity index (χ3n) is 4.88. The van der Waals surface area contributed by atoms with Crippen LogP contribution < -0.4 is 5.32 Å². The summed E-state index contributed by atoms with van der Waals surface area (Å²) in [7, 11) is 0. The van der Waals surface area contributed by atoms with Gasteiger partial charge < -0.3 is 5.32 Å². The number of aryl methyl sites for hydroxylation is 1. The Kier molecular flexibility index (Phi) is 5.24. The lowest BCUT2D eigenvalue weighted by molar-refractivity contribution is -0.125. The summed E-state index contributed by atoms with van der Waals surface area (Å²) >= 11 is 1.25. The molecule has 148 valence electrons. The average Bonchev–Trinajstić information content (AvgIpc) is 3.06. The number of amidine groups is 2. The van der Waals surface area contributed by atoms with Crippen molar-refractivity contribution in [2.45, 2.75) is 26.8 Å². The van der Waals surface area contributed by atoms with Crippen molar-refractivity contribution in [1.82, 2.24) is 4.90 Å². The van der Waals surface area contributed by atoms with Gasteiger partial charge in [-0.3, -0.25) is 14.6 Å². The van der Waals surface area contributed by atoms with E-state index in [1.54, 1.807) is 4.90 Å². The van der Waals surface area contributed by atoms with E-state index >= 15 is 0 Å². The maximum Gasteiger partial charge on any atom is 0.259 e. The lowest BCUT2D eigenvalue weighted by Gasteiger charge is -2.25. The van der Waals surface area contributed by atoms with Gasteiger partial charge in [0.2, 0.25) is 5.91 Å². The van der Waals surface area contributed by atoms with Crippen molar-refractivity contribution in [3.05, 3.63) is 59.7 Å². The third kappa shape index (κ3) is 3.70. The zero-order chi connectivity index (χ0) is 20.5. The van der Waals surface area contributed by atoms with Gasteiger partial charge in [-0.25, -0.2) is 9.89 Å². The van der Waals surface area contributed by atoms with Crippen molar-refractivity contribution in [3.63, 3.8) is 0 Å². The lowest BCUT2D eigenvalue weighted by Crippen LogP contribution is -2.42. The molecule has 0 bridgehead atoms. The smallest absolute Gasteiger partial charge is 0.259 e. The minimum Gasteiger partial charge on any atom is -0.325 e. The highest BCUT2D eigenvalue weighted by atomic mass is 32.2. The van der Waals surface area contributed by atoms with Crippen molar-refractivity contribution < 1.29 is 9.59 Å². The fourth-order valence-corrected chi connectivity index (χ4v) is 4.13. The van der Waals surface area contributed by atoms with E-state index in [4.69, 9.17) is 0 Å². The Morgan fingerprint density at radius 2 is 1.90 bits per heavy atom. The number of nitrogens with zero attached hydrogens (tertiary/aromatic N) is 3. The van der Waals surface area contributed by atoms with E-state index in [2.05, 4.69) is 15.3 Å². The van der Waals surface area contributed by atoms with Crippen LogP contribution in [-0.2, 0) is 9.59 Å². The second-order valence-corrected chi connectivity index (χ2v) is 8.32. The van der Waals surface area contributed by atoms with Gasteiger partial charge in [0, 0.05) is 11.3 Å². The monoisotopic (exact) mass is 406 g/mol. The molecule has 0 saturated carbocycles. The number of anilines is 1. The molecule has 1 atom stereocenters. The van der Waals surface area contributed by atoms with Crippen LogP contribution in [0.3, 0.4) is 0 Å². The van der Waals surface area contributed by atoms with Gasteiger partial charge in [0.25, 0.3) is 5.91 Å². The molecule has 2 heterocycles. The first-order chi connectivity index (χ1) is 14.0. The van der Waals surface area contributed by atoms with Crippen molar-refractivity contribution in [1.29, 1.82) is 0 Å². The van der Waals surface area contributed by atoms with Gasteiger partial charge in [-0.1, -0.05) is 55.9 Å². The molecule has 0 spiro atoms. The van der Waals surface area contributed by atoms with E-state index in [0.717, 1.165) is 22.5 Å². The van der Waals surface area contributed by atoms with Gasteiger partial charge in [-0.05, 0) is 36.6 Å². The fourth-order valence-electron chi connectivity index (χ4n) is 3.33. The maximum absolute atomic E-state index is 13.0. The first-order valence-corrected chi connectivity index (χ1v) is 10.5. The van der Waals surface area contributed by atoms with Crippen LogP contribution in [0.2, 0.25) is 0 Å². The van der Waals surface area contributed by atoms with Crippen molar-refractivity contribution >= 4 is 46.0 Å². The lowest BCUT2D eigenvalue weighted by atomic mass is 10.1. The van der Waals surface area contributed by atoms with Crippen LogP contribution in [0.15, 0.2) is 58.5 Å². The molecule has 29 heavy (non-hydrogen) atoms. The largest absolute Gasteiger partial charge is 0.325 e. The van der Waals surface area contributed by atoms with Gasteiger partial charge in [0.05, 0.1) is 11.4 Å². The number of carbonyl (C=O) groups excluding carboxylic acids is 2. The predicted molar refractivity (Wildman–Crippen MR) is 118 cm³/mol. The first-order valence-electron chi connectivity index (χ1n) is 9.54. The molecule has 7 heteroatoms. The number of benzene rings is 2. The van der Waals surface area contributed by atoms with Crippen LogP contribution in [0.4, 0.5) is 11.4 Å². The van der Waals surface area contributed by atoms with Crippen molar-refractivity contribution in [3.8, 4) is 0 Å². The molecule has 1 unspecified atom stereocenters. The number of rotatable bonds is 4. The minimum absolute atomic E-state index is 0.0865. The topological polar surface area (TPSA) is 74.1 Å². The molecule has 0 aliphatic carbocycles. The number of hydrogen-bond acceptors (Lipinski definition) is 5. The summed E-state index contributed by atoms with van der Waals surface area (Å²) in [5.74, 6) is 0.634. The molecule has 2 aromatic rings. The van der Waals surface area contributed by atoms with Crippen LogP contribution in [-0.4, -0.2) is 39.5 Å². The molecule has 1 N–H and O–H groups in total. The molecule has 2 amide bonds. The van der Waals surface area contributed by atoms with E-state index in [9.17, 15) is 9.59 Å². The number of carbonyl (C=O) groups is 2. The Bertz CT molecular complexity index is 1040. The Balaban J connectivity index is 1.56. The molecule has 2 aliphatic heterocycles. The Morgan fingerprint density at radius 1 is 1.17 bits per heavy atom. The second kappa shape index (κ2) is 7.83. The number of hydrogen-bond donors (Lipinski definition) is 1. The number of aliphatic imine (C=N–C) groups is 2. The molecular formula is C22H22N4O2S. The summed E-state index contributed by atoms with van der Waals surface area (Å²) in [5.41, 5.74) is 3.39. The summed E-state index contributed by atoms with van der Waals surface area (Å²) in [4.78, 5) is 36.4. The fraction of sp³-hybridized carbons (Fsp3) is 0.273. The van der Waals surface area contributed by atoms with Crippen LogP contribution >= 0.6 is 11.8 Å². The highest BCUT2D eigenvalue weighted by molar-refractivity contribution is 8.14. The average molecular weight is 407 g/mol. The maximum atomic E-state index is 13.0. The van der Waals surface area contributed by atoms with Crippen LogP contribution in [0.5, 0.6) is 0 Å². The summed E-state index contributed by atoms with van der Waals surface area (Å²) in [5, 5.41) is 3.41. The van der Waals surface area contributed by atoms with Crippen molar-refractivity contribution in [2.24, 2.45) is 15.9 Å². The quantitative estimate of drug-likeness (QED) is 0.835. The normalized spacial score (nSPS) is 17.6. The summed E-state index contributed by atoms with van der Waals surface area (Å²) < 4.78 is 0. The summed E-state index contributed by atoms with van der Waals surface area (Å²) in [6.07, 6.45) is 0. The van der Waals surface area contributed by atoms with E-state index in [1.807, 2.05) is 69.3 Å². The molecule has 4 rings (SSSR count). The molecule has 2 aliphatic rings. The molecule has 0 radical (unpaired) electrons. The summed E-state index contributed by atoms with van der Waals surface area (Å²) in [6.45, 7) is 5.91. The number of fused-ring (bicyclic) bond motifs is 3. The molecular weight excluding hydrogens is 384 g/mol. The first kappa shape index (κ1) is 19.4. The molecule has 0 aromatic heterocycles. The Hall–Kier alpha value is -2.93. The van der Waals surface area contributed by atoms with Gasteiger partial charge in [0.1, 0.15) is 11.9 Å². The Labute approximate surface area is 174 Å². The summed E-state index contributed by atoms with van der Waals surface area (Å²) in [6, 6.07) is 14.8. The number of thioether (sulfide) groups is 1. The second-order valence-electron chi connectivity index (χ2n) is 7.38. The van der Waals surface area contributed by atoms with E-state index < -0.39 is 6.04 Å². The minimum atomic E-state index is -0.428. The number of para-hydroxylation sites is 2. The van der Waals surface area contributed by atoms with Crippen molar-refractivity contribution in [2.75, 3.05) is 11.1 Å². The predicted octanol–water partition coefficient (Wildman–Crippen LogP) is 3.98. The van der Waals surface area contributed by atoms with Crippen LogP contribution in [0, 0.1) is 12.8 Å². The standard InChI is InChI=1S/C22H22N4O2S/c1-13(2)19-21(28)26-20(25-19)15-9-5-7-11-17(15)24-22(26)29-12-18(27)23-16-10-6-4-8-14(16)3/h4-11,13,19H,12H2,1-3H3,(H,23,27). The van der Waals surface area contributed by atoms with Crippen LogP contribution in [0.1, 0.15) is 25.0 Å². The zero-order valence-corrected chi connectivity index (χ0v) is 17.4. The SMILES string of the molecule is Cc1ccccc1NC(=O)CSC1=Nc2ccccc2C2=NC(C(C)C)C(=O)N12. The van der Waals surface area contributed by atoms with E-state index in [1.165, 1.54) is 11.8 Å². The number of nitrogens with one attached hydrogen (secondary N) is 1. The highest BCUT2D eigenvalue weighted by Crippen LogP contribution is 2.34. The molecule has 0 fully saturated rings. The van der Waals surface area contributed by atoms with Gasteiger partial charge in [-0.2, -0.15) is 0 Å². The highest BCUT2D eigenvalue weighted by Gasteiger charge is 2.42. The Morgan fingerprint density at radius 3 is 2.66 bits per heavy atom. The van der Waals surface area contributed by atoms with Gasteiger partial charge in [-0.15, -0.1) is 0 Å².